The van der Waals surface area contributed by atoms with E-state index >= 15 is 0 Å². The summed E-state index contributed by atoms with van der Waals surface area (Å²) >= 11 is 0. The minimum atomic E-state index is -0.637. The van der Waals surface area contributed by atoms with E-state index in [1.807, 2.05) is 6.92 Å². The van der Waals surface area contributed by atoms with Gasteiger partial charge in [0.15, 0.2) is 0 Å². The molecule has 1 atom stereocenters. The molecular weight excluding hydrogens is 219 g/mol. The maximum Gasteiger partial charge on any atom is 0.240 e. The molecule has 1 aromatic rings. The van der Waals surface area contributed by atoms with Crippen LogP contribution < -0.4 is 10.6 Å². The largest absolute Gasteiger partial charge is 0.348 e. The van der Waals surface area contributed by atoms with Crippen LogP contribution in [0.1, 0.15) is 32.4 Å². The van der Waals surface area contributed by atoms with Crippen LogP contribution in [-0.4, -0.2) is 18.5 Å². The van der Waals surface area contributed by atoms with Crippen LogP contribution in [0.25, 0.3) is 0 Å². The van der Waals surface area contributed by atoms with Crippen molar-refractivity contribution in [1.29, 1.82) is 0 Å². The first-order valence-electron chi connectivity index (χ1n) is 5.62. The lowest BCUT2D eigenvalue weighted by molar-refractivity contribution is -0.126. The van der Waals surface area contributed by atoms with Crippen molar-refractivity contribution in [3.63, 3.8) is 0 Å². The van der Waals surface area contributed by atoms with Crippen LogP contribution in [0.3, 0.4) is 0 Å². The van der Waals surface area contributed by atoms with Crippen molar-refractivity contribution < 1.29 is 9.18 Å². The quantitative estimate of drug-likeness (QED) is 0.842. The number of benzene rings is 1. The smallest absolute Gasteiger partial charge is 0.240 e. The van der Waals surface area contributed by atoms with Crippen LogP contribution in [0.4, 0.5) is 4.39 Å². The molecule has 17 heavy (non-hydrogen) atoms. The lowest BCUT2D eigenvalue weighted by Gasteiger charge is -2.25. The van der Waals surface area contributed by atoms with Crippen LogP contribution >= 0.6 is 0 Å². The molecule has 1 aromatic carbocycles. The molecule has 0 fully saturated rings. The van der Waals surface area contributed by atoms with Crippen molar-refractivity contribution >= 4 is 5.91 Å². The first-order chi connectivity index (χ1) is 7.86. The van der Waals surface area contributed by atoms with E-state index in [9.17, 15) is 9.18 Å². The third-order valence-corrected chi connectivity index (χ3v) is 2.89. The molecule has 0 unspecified atom stereocenters. The number of carbonyl (C=O) groups is 1. The molecule has 0 aliphatic rings. The average molecular weight is 238 g/mol. The zero-order valence-electron chi connectivity index (χ0n) is 10.7. The Morgan fingerprint density at radius 3 is 2.59 bits per heavy atom. The summed E-state index contributed by atoms with van der Waals surface area (Å²) in [7, 11) is 1.73. The highest BCUT2D eigenvalue weighted by Gasteiger charge is 2.26. The third-order valence-electron chi connectivity index (χ3n) is 2.89. The summed E-state index contributed by atoms with van der Waals surface area (Å²) in [6.07, 6.45) is 0. The van der Waals surface area contributed by atoms with E-state index in [0.29, 0.717) is 0 Å². The summed E-state index contributed by atoms with van der Waals surface area (Å²) < 4.78 is 13.0. The highest BCUT2D eigenvalue weighted by molar-refractivity contribution is 5.85. The van der Waals surface area contributed by atoms with Crippen molar-refractivity contribution in [3.05, 3.63) is 35.6 Å². The highest BCUT2D eigenvalue weighted by Crippen LogP contribution is 2.14. The molecular formula is C13H19FN2O. The zero-order chi connectivity index (χ0) is 13.1. The second kappa shape index (κ2) is 5.27. The Morgan fingerprint density at radius 1 is 1.41 bits per heavy atom. The fourth-order valence-corrected chi connectivity index (χ4v) is 1.35. The van der Waals surface area contributed by atoms with Crippen molar-refractivity contribution in [1.82, 2.24) is 10.6 Å². The van der Waals surface area contributed by atoms with Gasteiger partial charge in [0.05, 0.1) is 11.6 Å². The summed E-state index contributed by atoms with van der Waals surface area (Å²) in [5.41, 5.74) is 0.118. The Labute approximate surface area is 101 Å². The van der Waals surface area contributed by atoms with Crippen LogP contribution in [0, 0.1) is 5.82 Å². The second-order valence-corrected chi connectivity index (χ2v) is 4.63. The molecule has 94 valence electrons. The van der Waals surface area contributed by atoms with Gasteiger partial charge in [-0.15, -0.1) is 0 Å². The number of rotatable bonds is 4. The standard InChI is InChI=1S/C13H19FN2O/c1-9(10-6-5-7-11(14)8-10)16-12(17)13(2,3)15-4/h5-9,15H,1-4H3,(H,16,17)/t9-/m0/s1. The van der Waals surface area contributed by atoms with Crippen LogP contribution in [-0.2, 0) is 4.79 Å². The Balaban J connectivity index is 2.73. The predicted octanol–water partition coefficient (Wildman–Crippen LogP) is 2.00. The summed E-state index contributed by atoms with van der Waals surface area (Å²) in [5.74, 6) is -0.409. The molecule has 0 saturated heterocycles. The number of halogens is 1. The monoisotopic (exact) mass is 238 g/mol. The third kappa shape index (κ3) is 3.53. The molecule has 0 heterocycles. The summed E-state index contributed by atoms with van der Waals surface area (Å²) in [6, 6.07) is 6.02. The first kappa shape index (κ1) is 13.6. The molecule has 0 saturated carbocycles. The van der Waals surface area contributed by atoms with Gasteiger partial charge in [0.2, 0.25) is 5.91 Å². The number of nitrogens with one attached hydrogen (secondary N) is 2. The topological polar surface area (TPSA) is 41.1 Å². The number of likely N-dealkylation sites (N-methyl/N-ethyl adjacent to an activating group) is 1. The summed E-state index contributed by atoms with van der Waals surface area (Å²) in [4.78, 5) is 11.9. The van der Waals surface area contributed by atoms with Crippen LogP contribution in [0.5, 0.6) is 0 Å². The van der Waals surface area contributed by atoms with Crippen molar-refractivity contribution in [2.45, 2.75) is 32.4 Å². The molecule has 3 nitrogen and oxygen atoms in total. The maximum atomic E-state index is 13.0. The Bertz CT molecular complexity index is 404. The Morgan fingerprint density at radius 2 is 2.06 bits per heavy atom. The van der Waals surface area contributed by atoms with Crippen molar-refractivity contribution in [2.75, 3.05) is 7.05 Å². The van der Waals surface area contributed by atoms with Gasteiger partial charge in [-0.25, -0.2) is 4.39 Å². The van der Waals surface area contributed by atoms with Gasteiger partial charge in [0, 0.05) is 0 Å². The fraction of sp³-hybridized carbons (Fsp3) is 0.462. The normalized spacial score (nSPS) is 13.2. The highest BCUT2D eigenvalue weighted by atomic mass is 19.1. The van der Waals surface area contributed by atoms with E-state index in [2.05, 4.69) is 10.6 Å². The van der Waals surface area contributed by atoms with Gasteiger partial charge < -0.3 is 10.6 Å². The van der Waals surface area contributed by atoms with E-state index < -0.39 is 5.54 Å². The summed E-state index contributed by atoms with van der Waals surface area (Å²) in [6.45, 7) is 5.42. The predicted molar refractivity (Wildman–Crippen MR) is 66.1 cm³/mol. The fourth-order valence-electron chi connectivity index (χ4n) is 1.35. The van der Waals surface area contributed by atoms with Gasteiger partial charge in [-0.05, 0) is 45.5 Å². The van der Waals surface area contributed by atoms with Gasteiger partial charge in [-0.3, -0.25) is 4.79 Å². The molecule has 0 aromatic heterocycles. The van der Waals surface area contributed by atoms with E-state index in [1.54, 1.807) is 33.0 Å². The van der Waals surface area contributed by atoms with Crippen LogP contribution in [0.15, 0.2) is 24.3 Å². The van der Waals surface area contributed by atoms with Gasteiger partial charge >= 0.3 is 0 Å². The average Bonchev–Trinajstić information content (AvgIpc) is 2.28. The summed E-state index contributed by atoms with van der Waals surface area (Å²) in [5, 5.41) is 5.77. The lowest BCUT2D eigenvalue weighted by Crippen LogP contribution is -2.51. The molecule has 0 bridgehead atoms. The number of amides is 1. The molecule has 2 N–H and O–H groups in total. The van der Waals surface area contributed by atoms with E-state index in [4.69, 9.17) is 0 Å². The minimum Gasteiger partial charge on any atom is -0.348 e. The maximum absolute atomic E-state index is 13.0. The Kier molecular flexibility index (Phi) is 4.23. The first-order valence-corrected chi connectivity index (χ1v) is 5.62. The van der Waals surface area contributed by atoms with Gasteiger partial charge in [0.25, 0.3) is 0 Å². The van der Waals surface area contributed by atoms with Gasteiger partial charge in [-0.1, -0.05) is 12.1 Å². The zero-order valence-corrected chi connectivity index (χ0v) is 10.7. The minimum absolute atomic E-state index is 0.114. The molecule has 0 radical (unpaired) electrons. The van der Waals surface area contributed by atoms with Gasteiger partial charge in [-0.2, -0.15) is 0 Å². The van der Waals surface area contributed by atoms with E-state index in [-0.39, 0.29) is 17.8 Å². The number of hydrogen-bond acceptors (Lipinski definition) is 2. The van der Waals surface area contributed by atoms with Gasteiger partial charge in [0.1, 0.15) is 5.82 Å². The molecule has 0 aliphatic heterocycles. The molecule has 1 amide bonds. The molecule has 0 aliphatic carbocycles. The SMILES string of the molecule is CNC(C)(C)C(=O)N[C@@H](C)c1cccc(F)c1. The molecule has 1 rings (SSSR count). The Hall–Kier alpha value is -1.42. The van der Waals surface area contributed by atoms with E-state index in [1.165, 1.54) is 12.1 Å². The van der Waals surface area contributed by atoms with Crippen molar-refractivity contribution in [2.24, 2.45) is 0 Å². The van der Waals surface area contributed by atoms with Crippen LogP contribution in [0.2, 0.25) is 0 Å². The second-order valence-electron chi connectivity index (χ2n) is 4.63. The lowest BCUT2D eigenvalue weighted by atomic mass is 10.0. The molecule has 0 spiro atoms. The number of hydrogen-bond donors (Lipinski definition) is 2. The van der Waals surface area contributed by atoms with Crippen molar-refractivity contribution in [3.8, 4) is 0 Å². The molecule has 4 heteroatoms. The number of carbonyl (C=O) groups excluding carboxylic acids is 1. The van der Waals surface area contributed by atoms with E-state index in [0.717, 1.165) is 5.56 Å².